The molecule has 0 radical (unpaired) electrons. The van der Waals surface area contributed by atoms with E-state index in [0.717, 1.165) is 22.2 Å². The second kappa shape index (κ2) is 9.01. The van der Waals surface area contributed by atoms with Crippen LogP contribution >= 0.6 is 0 Å². The molecule has 0 aliphatic heterocycles. The molecule has 0 spiro atoms. The van der Waals surface area contributed by atoms with Crippen LogP contribution in [0.5, 0.6) is 17.2 Å². The maximum absolute atomic E-state index is 5.87. The van der Waals surface area contributed by atoms with Gasteiger partial charge in [0.2, 0.25) is 5.75 Å². The Morgan fingerprint density at radius 3 is 2.26 bits per heavy atom. The van der Waals surface area contributed by atoms with Crippen LogP contribution < -0.4 is 14.2 Å². The van der Waals surface area contributed by atoms with Crippen LogP contribution in [0.25, 0.3) is 33.8 Å². The van der Waals surface area contributed by atoms with Gasteiger partial charge in [-0.2, -0.15) is 5.10 Å². The summed E-state index contributed by atoms with van der Waals surface area (Å²) in [6.07, 6.45) is 3.49. The first kappa shape index (κ1) is 21.7. The van der Waals surface area contributed by atoms with E-state index >= 15 is 0 Å². The second-order valence-electron chi connectivity index (χ2n) is 7.70. The molecule has 0 saturated heterocycles. The largest absolute Gasteiger partial charge is 0.490 e. The van der Waals surface area contributed by atoms with Gasteiger partial charge >= 0.3 is 0 Å². The highest BCUT2D eigenvalue weighted by molar-refractivity contribution is 5.90. The molecule has 0 aliphatic carbocycles. The molecule has 0 amide bonds. The van der Waals surface area contributed by atoms with Crippen molar-refractivity contribution in [2.24, 2.45) is 0 Å². The highest BCUT2D eigenvalue weighted by Crippen LogP contribution is 2.41. The van der Waals surface area contributed by atoms with Crippen LogP contribution in [0.1, 0.15) is 26.3 Å². The molecule has 0 saturated carbocycles. The average molecular weight is 459 g/mol. The zero-order valence-electron chi connectivity index (χ0n) is 19.6. The minimum atomic E-state index is 0.496. The summed E-state index contributed by atoms with van der Waals surface area (Å²) in [7, 11) is 0. The molecule has 5 rings (SSSR count). The Balaban J connectivity index is 1.66. The fraction of sp³-hybridized carbons (Fsp3) is 0.280. The first-order chi connectivity index (χ1) is 16.6. The third kappa shape index (κ3) is 3.68. The van der Waals surface area contributed by atoms with Crippen molar-refractivity contribution >= 4 is 16.7 Å². The van der Waals surface area contributed by atoms with Gasteiger partial charge in [0.05, 0.1) is 37.1 Å². The van der Waals surface area contributed by atoms with E-state index < -0.39 is 0 Å². The predicted molar refractivity (Wildman–Crippen MR) is 129 cm³/mol. The van der Waals surface area contributed by atoms with Gasteiger partial charge in [-0.3, -0.25) is 4.40 Å². The average Bonchev–Trinajstić information content (AvgIpc) is 3.45. The van der Waals surface area contributed by atoms with Gasteiger partial charge in [-0.05, 0) is 57.5 Å². The number of hydrogen-bond acceptors (Lipinski definition) is 7. The van der Waals surface area contributed by atoms with Gasteiger partial charge in [0, 0.05) is 5.56 Å². The molecule has 3 aromatic heterocycles. The van der Waals surface area contributed by atoms with Crippen LogP contribution in [0.2, 0.25) is 0 Å². The molecule has 0 aliphatic rings. The smallest absolute Gasteiger partial charge is 0.203 e. The van der Waals surface area contributed by atoms with Gasteiger partial charge in [0.15, 0.2) is 28.6 Å². The number of hydrogen-bond donors (Lipinski definition) is 0. The van der Waals surface area contributed by atoms with Crippen molar-refractivity contribution in [2.45, 2.75) is 27.7 Å². The monoisotopic (exact) mass is 458 g/mol. The van der Waals surface area contributed by atoms with Gasteiger partial charge in [0.25, 0.3) is 0 Å². The van der Waals surface area contributed by atoms with E-state index in [2.05, 4.69) is 34.4 Å². The molecule has 34 heavy (non-hydrogen) atoms. The van der Waals surface area contributed by atoms with E-state index in [1.54, 1.807) is 12.5 Å². The third-order valence-corrected chi connectivity index (χ3v) is 5.39. The van der Waals surface area contributed by atoms with Gasteiger partial charge in [-0.15, -0.1) is 10.2 Å². The first-order valence-electron chi connectivity index (χ1n) is 11.4. The summed E-state index contributed by atoms with van der Waals surface area (Å²) in [4.78, 5) is 4.69. The molecule has 174 valence electrons. The normalized spacial score (nSPS) is 11.3. The van der Waals surface area contributed by atoms with E-state index in [-0.39, 0.29) is 0 Å². The number of aryl methyl sites for hydroxylation is 1. The molecule has 5 aromatic rings. The van der Waals surface area contributed by atoms with Crippen LogP contribution in [0, 0.1) is 6.92 Å². The number of nitrogens with zero attached hydrogens (tertiary/aromatic N) is 6. The fourth-order valence-corrected chi connectivity index (χ4v) is 3.98. The summed E-state index contributed by atoms with van der Waals surface area (Å²) in [6.45, 7) is 9.34. The zero-order chi connectivity index (χ0) is 23.7. The Bertz CT molecular complexity index is 1450. The van der Waals surface area contributed by atoms with E-state index in [9.17, 15) is 0 Å². The number of benzene rings is 2. The summed E-state index contributed by atoms with van der Waals surface area (Å²) >= 11 is 0. The second-order valence-corrected chi connectivity index (χ2v) is 7.70. The molecular weight excluding hydrogens is 432 g/mol. The molecule has 0 N–H and O–H groups in total. The van der Waals surface area contributed by atoms with Crippen molar-refractivity contribution in [3.8, 4) is 34.3 Å². The highest BCUT2D eigenvalue weighted by atomic mass is 16.5. The van der Waals surface area contributed by atoms with Crippen molar-refractivity contribution in [1.82, 2.24) is 29.4 Å². The molecule has 9 heteroatoms. The quantitative estimate of drug-likeness (QED) is 0.335. The number of aromatic nitrogens is 6. The highest BCUT2D eigenvalue weighted by Gasteiger charge is 2.20. The molecule has 0 unspecified atom stereocenters. The topological polar surface area (TPSA) is 88.6 Å². The number of ether oxygens (including phenoxy) is 3. The first-order valence-corrected chi connectivity index (χ1v) is 11.4. The molecule has 2 aromatic carbocycles. The molecule has 0 atom stereocenters. The summed E-state index contributed by atoms with van der Waals surface area (Å²) in [5.41, 5.74) is 4.27. The maximum atomic E-state index is 5.87. The minimum Gasteiger partial charge on any atom is -0.490 e. The lowest BCUT2D eigenvalue weighted by Crippen LogP contribution is -2.03. The lowest BCUT2D eigenvalue weighted by molar-refractivity contribution is 0.261. The Kier molecular flexibility index (Phi) is 5.75. The van der Waals surface area contributed by atoms with Crippen LogP contribution in [0.4, 0.5) is 0 Å². The Labute approximate surface area is 196 Å². The fourth-order valence-electron chi connectivity index (χ4n) is 3.98. The lowest BCUT2D eigenvalue weighted by Gasteiger charge is -2.16. The van der Waals surface area contributed by atoms with Crippen molar-refractivity contribution in [2.75, 3.05) is 19.8 Å². The maximum Gasteiger partial charge on any atom is 0.203 e. The predicted octanol–water partition coefficient (Wildman–Crippen LogP) is 4.63. The Morgan fingerprint density at radius 2 is 1.59 bits per heavy atom. The molecule has 0 bridgehead atoms. The standard InChI is InChI=1S/C25H26N6O3/c1-5-32-20-12-17(13-21(33-6-2)22(20)34-7-3)23-28-29-25-19-14-27-31(24(19)26-15-30(23)25)18-10-8-9-16(4)11-18/h8-15H,5-7H2,1-4H3. The van der Waals surface area contributed by atoms with Crippen molar-refractivity contribution in [3.63, 3.8) is 0 Å². The Hall–Kier alpha value is -4.14. The molecule has 0 fully saturated rings. The van der Waals surface area contributed by atoms with Crippen LogP contribution in [0.3, 0.4) is 0 Å². The van der Waals surface area contributed by atoms with Crippen molar-refractivity contribution in [1.29, 1.82) is 0 Å². The van der Waals surface area contributed by atoms with Crippen molar-refractivity contribution < 1.29 is 14.2 Å². The summed E-state index contributed by atoms with van der Waals surface area (Å²) in [5.74, 6) is 2.41. The SMILES string of the molecule is CCOc1cc(-c2nnc3c4cnn(-c5cccc(C)c5)c4ncn23)cc(OCC)c1OCC. The summed E-state index contributed by atoms with van der Waals surface area (Å²) < 4.78 is 21.2. The van der Waals surface area contributed by atoms with Crippen LogP contribution in [0.15, 0.2) is 48.9 Å². The molecular formula is C25H26N6O3. The number of rotatable bonds is 8. The van der Waals surface area contributed by atoms with Crippen LogP contribution in [-0.2, 0) is 0 Å². The van der Waals surface area contributed by atoms with Gasteiger partial charge in [-0.1, -0.05) is 12.1 Å². The zero-order valence-corrected chi connectivity index (χ0v) is 19.6. The van der Waals surface area contributed by atoms with Crippen LogP contribution in [-0.4, -0.2) is 49.2 Å². The van der Waals surface area contributed by atoms with Gasteiger partial charge in [-0.25, -0.2) is 9.67 Å². The molecule has 9 nitrogen and oxygen atoms in total. The van der Waals surface area contributed by atoms with E-state index in [1.807, 2.05) is 54.1 Å². The number of fused-ring (bicyclic) bond motifs is 3. The van der Waals surface area contributed by atoms with Gasteiger partial charge in [0.1, 0.15) is 6.33 Å². The summed E-state index contributed by atoms with van der Waals surface area (Å²) in [6, 6.07) is 11.9. The summed E-state index contributed by atoms with van der Waals surface area (Å²) in [5, 5.41) is 14.3. The minimum absolute atomic E-state index is 0.496. The third-order valence-electron chi connectivity index (χ3n) is 5.39. The Morgan fingerprint density at radius 1 is 0.853 bits per heavy atom. The van der Waals surface area contributed by atoms with E-state index in [0.29, 0.717) is 54.2 Å². The van der Waals surface area contributed by atoms with Gasteiger partial charge < -0.3 is 14.2 Å². The van der Waals surface area contributed by atoms with E-state index in [1.165, 1.54) is 0 Å². The lowest BCUT2D eigenvalue weighted by atomic mass is 10.1. The van der Waals surface area contributed by atoms with Crippen molar-refractivity contribution in [3.05, 3.63) is 54.5 Å². The van der Waals surface area contributed by atoms with E-state index in [4.69, 9.17) is 19.2 Å². The molecule has 3 heterocycles.